The highest BCUT2D eigenvalue weighted by molar-refractivity contribution is 5.99. The lowest BCUT2D eigenvalue weighted by Gasteiger charge is -2.26. The van der Waals surface area contributed by atoms with Crippen LogP contribution in [0.2, 0.25) is 0 Å². The van der Waals surface area contributed by atoms with Gasteiger partial charge in [0.1, 0.15) is 12.1 Å². The predicted octanol–water partition coefficient (Wildman–Crippen LogP) is 1.90. The number of aliphatic hydroxyl groups is 1. The van der Waals surface area contributed by atoms with Gasteiger partial charge in [-0.05, 0) is 43.4 Å². The minimum atomic E-state index is -1.05. The number of carbonyl (C=O) groups excluding carboxylic acids is 2. The van der Waals surface area contributed by atoms with Crippen molar-refractivity contribution in [3.8, 4) is 0 Å². The number of hydrogen-bond acceptors (Lipinski definition) is 4. The SMILES string of the molecule is CC(C)C[C@H](O)C(=O)N1CCC[C@H]1C(=O)Nc1ccc2[nH]ncc2c1. The Morgan fingerprint density at radius 2 is 2.24 bits per heavy atom. The second-order valence-corrected chi connectivity index (χ2v) is 7.00. The lowest BCUT2D eigenvalue weighted by molar-refractivity contribution is -0.144. The van der Waals surface area contributed by atoms with E-state index in [1.54, 1.807) is 12.3 Å². The van der Waals surface area contributed by atoms with E-state index in [1.165, 1.54) is 4.90 Å². The number of amides is 2. The van der Waals surface area contributed by atoms with Crippen molar-refractivity contribution in [2.24, 2.45) is 5.92 Å². The molecule has 0 bridgehead atoms. The zero-order chi connectivity index (χ0) is 18.0. The molecule has 0 radical (unpaired) electrons. The van der Waals surface area contributed by atoms with Gasteiger partial charge >= 0.3 is 0 Å². The van der Waals surface area contributed by atoms with Gasteiger partial charge in [-0.1, -0.05) is 13.8 Å². The Morgan fingerprint density at radius 1 is 1.44 bits per heavy atom. The molecule has 0 saturated carbocycles. The highest BCUT2D eigenvalue weighted by Gasteiger charge is 2.36. The number of benzene rings is 1. The molecule has 2 heterocycles. The molecule has 134 valence electrons. The summed E-state index contributed by atoms with van der Waals surface area (Å²) in [6, 6.07) is 4.95. The highest BCUT2D eigenvalue weighted by Crippen LogP contribution is 2.23. The van der Waals surface area contributed by atoms with Crippen LogP contribution in [0, 0.1) is 5.92 Å². The van der Waals surface area contributed by atoms with Gasteiger partial charge in [-0.25, -0.2) is 0 Å². The Hall–Kier alpha value is -2.41. The first-order chi connectivity index (χ1) is 12.0. The van der Waals surface area contributed by atoms with Gasteiger partial charge < -0.3 is 15.3 Å². The molecule has 2 atom stereocenters. The van der Waals surface area contributed by atoms with Crippen LogP contribution in [-0.2, 0) is 9.59 Å². The third kappa shape index (κ3) is 3.82. The normalized spacial score (nSPS) is 18.7. The van der Waals surface area contributed by atoms with Crippen LogP contribution in [0.4, 0.5) is 5.69 Å². The molecule has 0 unspecified atom stereocenters. The first-order valence-electron chi connectivity index (χ1n) is 8.68. The Labute approximate surface area is 146 Å². The summed E-state index contributed by atoms with van der Waals surface area (Å²) >= 11 is 0. The molecule has 25 heavy (non-hydrogen) atoms. The summed E-state index contributed by atoms with van der Waals surface area (Å²) in [7, 11) is 0. The van der Waals surface area contributed by atoms with Crippen LogP contribution in [0.5, 0.6) is 0 Å². The van der Waals surface area contributed by atoms with Gasteiger partial charge in [0.05, 0.1) is 11.7 Å². The lowest BCUT2D eigenvalue weighted by Crippen LogP contribution is -2.47. The molecule has 2 amide bonds. The lowest BCUT2D eigenvalue weighted by atomic mass is 10.0. The van der Waals surface area contributed by atoms with E-state index in [0.29, 0.717) is 25.1 Å². The van der Waals surface area contributed by atoms with Gasteiger partial charge in [0.2, 0.25) is 5.91 Å². The van der Waals surface area contributed by atoms with Gasteiger partial charge in [-0.3, -0.25) is 14.7 Å². The zero-order valence-corrected chi connectivity index (χ0v) is 14.5. The largest absolute Gasteiger partial charge is 0.383 e. The third-order valence-corrected chi connectivity index (χ3v) is 4.53. The second-order valence-electron chi connectivity index (χ2n) is 7.00. The number of nitrogens with zero attached hydrogens (tertiary/aromatic N) is 2. The van der Waals surface area contributed by atoms with Crippen molar-refractivity contribution in [1.29, 1.82) is 0 Å². The topological polar surface area (TPSA) is 98.3 Å². The first-order valence-corrected chi connectivity index (χ1v) is 8.68. The summed E-state index contributed by atoms with van der Waals surface area (Å²) in [6.45, 7) is 4.42. The monoisotopic (exact) mass is 344 g/mol. The Balaban J connectivity index is 1.68. The summed E-state index contributed by atoms with van der Waals surface area (Å²) < 4.78 is 0. The van der Waals surface area contributed by atoms with Crippen LogP contribution in [0.3, 0.4) is 0 Å². The number of rotatable bonds is 5. The number of aliphatic hydroxyl groups excluding tert-OH is 1. The standard InChI is InChI=1S/C18H24N4O3/c1-11(2)8-16(23)18(25)22-7-3-4-15(22)17(24)20-13-5-6-14-12(9-13)10-19-21-14/h5-6,9-11,15-16,23H,3-4,7-8H2,1-2H3,(H,19,21)(H,20,24)/t15-,16-/m0/s1. The highest BCUT2D eigenvalue weighted by atomic mass is 16.3. The summed E-state index contributed by atoms with van der Waals surface area (Å²) in [4.78, 5) is 26.6. The van der Waals surface area contributed by atoms with Gasteiger partial charge in [0, 0.05) is 17.6 Å². The smallest absolute Gasteiger partial charge is 0.252 e. The summed E-state index contributed by atoms with van der Waals surface area (Å²) in [5, 5.41) is 20.7. The maximum atomic E-state index is 12.6. The number of nitrogens with one attached hydrogen (secondary N) is 2. The maximum Gasteiger partial charge on any atom is 0.252 e. The quantitative estimate of drug-likeness (QED) is 0.771. The minimum Gasteiger partial charge on any atom is -0.383 e. The van der Waals surface area contributed by atoms with E-state index < -0.39 is 12.1 Å². The van der Waals surface area contributed by atoms with Crippen molar-refractivity contribution in [2.45, 2.75) is 45.3 Å². The molecule has 0 spiro atoms. The van der Waals surface area contributed by atoms with E-state index in [-0.39, 0.29) is 17.7 Å². The Kier molecular flexibility index (Phi) is 5.03. The van der Waals surface area contributed by atoms with E-state index in [0.717, 1.165) is 17.3 Å². The Morgan fingerprint density at radius 3 is 3.00 bits per heavy atom. The maximum absolute atomic E-state index is 12.6. The molecule has 1 aromatic heterocycles. The number of anilines is 1. The van der Waals surface area contributed by atoms with Gasteiger partial charge in [-0.2, -0.15) is 5.10 Å². The van der Waals surface area contributed by atoms with Crippen LogP contribution < -0.4 is 5.32 Å². The van der Waals surface area contributed by atoms with Gasteiger partial charge in [0.15, 0.2) is 0 Å². The third-order valence-electron chi connectivity index (χ3n) is 4.53. The summed E-state index contributed by atoms with van der Waals surface area (Å²) in [5.74, 6) is -0.349. The van der Waals surface area contributed by atoms with Crippen LogP contribution in [0.1, 0.15) is 33.1 Å². The molecule has 1 aromatic carbocycles. The van der Waals surface area contributed by atoms with E-state index in [2.05, 4.69) is 15.5 Å². The molecule has 2 aromatic rings. The number of aromatic amines is 1. The van der Waals surface area contributed by atoms with Crippen LogP contribution in [0.15, 0.2) is 24.4 Å². The van der Waals surface area contributed by atoms with Gasteiger partial charge in [-0.15, -0.1) is 0 Å². The average molecular weight is 344 g/mol. The number of hydrogen-bond donors (Lipinski definition) is 3. The molecule has 0 aliphatic carbocycles. The van der Waals surface area contributed by atoms with Crippen molar-refractivity contribution in [3.63, 3.8) is 0 Å². The molecule has 3 N–H and O–H groups in total. The fourth-order valence-electron chi connectivity index (χ4n) is 3.29. The number of aromatic nitrogens is 2. The fourth-order valence-corrected chi connectivity index (χ4v) is 3.29. The fraction of sp³-hybridized carbons (Fsp3) is 0.500. The van der Waals surface area contributed by atoms with E-state index in [4.69, 9.17) is 0 Å². The number of fused-ring (bicyclic) bond motifs is 1. The van der Waals surface area contributed by atoms with Crippen molar-refractivity contribution in [2.75, 3.05) is 11.9 Å². The minimum absolute atomic E-state index is 0.217. The molecule has 1 aliphatic rings. The van der Waals surface area contributed by atoms with E-state index >= 15 is 0 Å². The van der Waals surface area contributed by atoms with Gasteiger partial charge in [0.25, 0.3) is 5.91 Å². The van der Waals surface area contributed by atoms with Crippen LogP contribution in [-0.4, -0.2) is 50.7 Å². The second kappa shape index (κ2) is 7.23. The average Bonchev–Trinajstić information content (AvgIpc) is 3.22. The summed E-state index contributed by atoms with van der Waals surface area (Å²) in [5.41, 5.74) is 1.56. The van der Waals surface area contributed by atoms with Crippen molar-refractivity contribution >= 4 is 28.4 Å². The van der Waals surface area contributed by atoms with Crippen LogP contribution >= 0.6 is 0 Å². The number of likely N-dealkylation sites (tertiary alicyclic amines) is 1. The molecular weight excluding hydrogens is 320 g/mol. The number of H-pyrrole nitrogens is 1. The zero-order valence-electron chi connectivity index (χ0n) is 14.5. The molecule has 7 heteroatoms. The van der Waals surface area contributed by atoms with Crippen LogP contribution in [0.25, 0.3) is 10.9 Å². The predicted molar refractivity (Wildman–Crippen MR) is 94.9 cm³/mol. The van der Waals surface area contributed by atoms with Crippen molar-refractivity contribution < 1.29 is 14.7 Å². The molecule has 1 fully saturated rings. The van der Waals surface area contributed by atoms with E-state index in [1.807, 2.05) is 26.0 Å². The molecular formula is C18H24N4O3. The molecule has 7 nitrogen and oxygen atoms in total. The number of carbonyl (C=O) groups is 2. The molecule has 1 aliphatic heterocycles. The molecule has 1 saturated heterocycles. The first kappa shape index (κ1) is 17.4. The van der Waals surface area contributed by atoms with Crippen molar-refractivity contribution in [1.82, 2.24) is 15.1 Å². The molecule has 3 rings (SSSR count). The summed E-state index contributed by atoms with van der Waals surface area (Å²) in [6.07, 6.45) is 2.42. The van der Waals surface area contributed by atoms with Crippen molar-refractivity contribution in [3.05, 3.63) is 24.4 Å². The Bertz CT molecular complexity index is 771. The van der Waals surface area contributed by atoms with E-state index in [9.17, 15) is 14.7 Å².